The first kappa shape index (κ1) is 13.4. The molecule has 3 nitrogen and oxygen atoms in total. The van der Waals surface area contributed by atoms with Crippen LogP contribution in [-0.4, -0.2) is 13.3 Å². The van der Waals surface area contributed by atoms with Crippen molar-refractivity contribution < 1.29 is 9.57 Å². The Labute approximate surface area is 117 Å². The molecule has 0 unspecified atom stereocenters. The highest BCUT2D eigenvalue weighted by molar-refractivity contribution is 6.30. The summed E-state index contributed by atoms with van der Waals surface area (Å²) in [5.74, 6) is 0.765. The van der Waals surface area contributed by atoms with Gasteiger partial charge in [0.2, 0.25) is 0 Å². The van der Waals surface area contributed by atoms with E-state index < -0.39 is 0 Å². The van der Waals surface area contributed by atoms with Gasteiger partial charge in [-0.25, -0.2) is 0 Å². The molecule has 98 valence electrons. The molecule has 0 bridgehead atoms. The number of nitrogens with zero attached hydrogens (tertiary/aromatic N) is 1. The van der Waals surface area contributed by atoms with Crippen molar-refractivity contribution in [3.8, 4) is 5.75 Å². The molecule has 0 saturated carbocycles. The van der Waals surface area contributed by atoms with Gasteiger partial charge >= 0.3 is 0 Å². The van der Waals surface area contributed by atoms with Crippen LogP contribution in [0.2, 0.25) is 5.02 Å². The fourth-order valence-electron chi connectivity index (χ4n) is 1.56. The van der Waals surface area contributed by atoms with Crippen molar-refractivity contribution in [2.24, 2.45) is 5.16 Å². The van der Waals surface area contributed by atoms with Gasteiger partial charge in [-0.1, -0.05) is 41.0 Å². The van der Waals surface area contributed by atoms with Gasteiger partial charge in [0.25, 0.3) is 0 Å². The summed E-state index contributed by atoms with van der Waals surface area (Å²) in [6.07, 6.45) is 1.63. The Balaban J connectivity index is 1.91. The molecule has 0 aliphatic carbocycles. The van der Waals surface area contributed by atoms with Crippen LogP contribution in [0.25, 0.3) is 0 Å². The van der Waals surface area contributed by atoms with Gasteiger partial charge in [0, 0.05) is 10.6 Å². The molecule has 0 saturated heterocycles. The molecule has 4 heteroatoms. The number of halogens is 1. The van der Waals surface area contributed by atoms with Gasteiger partial charge in [0.15, 0.2) is 0 Å². The summed E-state index contributed by atoms with van der Waals surface area (Å²) in [5.41, 5.74) is 1.89. The van der Waals surface area contributed by atoms with Gasteiger partial charge < -0.3 is 9.57 Å². The topological polar surface area (TPSA) is 30.8 Å². The summed E-state index contributed by atoms with van der Waals surface area (Å²) in [4.78, 5) is 5.23. The van der Waals surface area contributed by atoms with Crippen LogP contribution in [-0.2, 0) is 11.4 Å². The van der Waals surface area contributed by atoms with E-state index >= 15 is 0 Å². The minimum absolute atomic E-state index is 0.406. The van der Waals surface area contributed by atoms with Crippen molar-refractivity contribution >= 4 is 17.8 Å². The van der Waals surface area contributed by atoms with Crippen LogP contribution in [0.15, 0.2) is 53.7 Å². The lowest BCUT2D eigenvalue weighted by Crippen LogP contribution is -1.91. The van der Waals surface area contributed by atoms with E-state index in [4.69, 9.17) is 21.2 Å². The van der Waals surface area contributed by atoms with E-state index in [9.17, 15) is 0 Å². The second-order valence-corrected chi connectivity index (χ2v) is 4.31. The SMILES string of the molecule is COc1ccccc1C=NOCc1ccc(Cl)cc1. The molecule has 0 heterocycles. The average molecular weight is 276 g/mol. The Morgan fingerprint density at radius 1 is 1.11 bits per heavy atom. The maximum Gasteiger partial charge on any atom is 0.142 e. The summed E-state index contributed by atoms with van der Waals surface area (Å²) in [7, 11) is 1.63. The predicted octanol–water partition coefficient (Wildman–Crippen LogP) is 3.90. The van der Waals surface area contributed by atoms with E-state index in [1.807, 2.05) is 48.5 Å². The molecule has 2 rings (SSSR count). The van der Waals surface area contributed by atoms with Gasteiger partial charge in [-0.2, -0.15) is 0 Å². The number of oxime groups is 1. The Kier molecular flexibility index (Phi) is 4.81. The summed E-state index contributed by atoms with van der Waals surface area (Å²) >= 11 is 5.80. The lowest BCUT2D eigenvalue weighted by molar-refractivity contribution is 0.132. The summed E-state index contributed by atoms with van der Waals surface area (Å²) < 4.78 is 5.21. The second kappa shape index (κ2) is 6.81. The van der Waals surface area contributed by atoms with Crippen LogP contribution in [0.1, 0.15) is 11.1 Å². The monoisotopic (exact) mass is 275 g/mol. The number of rotatable bonds is 5. The minimum atomic E-state index is 0.406. The van der Waals surface area contributed by atoms with Gasteiger partial charge in [0.05, 0.1) is 13.3 Å². The first-order valence-corrected chi connectivity index (χ1v) is 6.20. The Bertz CT molecular complexity index is 552. The lowest BCUT2D eigenvalue weighted by atomic mass is 10.2. The molecular formula is C15H14ClNO2. The van der Waals surface area contributed by atoms with E-state index in [0.717, 1.165) is 16.9 Å². The van der Waals surface area contributed by atoms with Crippen LogP contribution >= 0.6 is 11.6 Å². The Morgan fingerprint density at radius 3 is 2.58 bits per heavy atom. The molecule has 2 aromatic carbocycles. The Hall–Kier alpha value is -2.00. The number of para-hydroxylation sites is 1. The zero-order valence-electron chi connectivity index (χ0n) is 10.5. The standard InChI is InChI=1S/C15H14ClNO2/c1-18-15-5-3-2-4-13(15)10-17-19-11-12-6-8-14(16)9-7-12/h2-10H,11H2,1H3. The van der Waals surface area contributed by atoms with Gasteiger partial charge in [0.1, 0.15) is 12.4 Å². The fourth-order valence-corrected chi connectivity index (χ4v) is 1.69. The van der Waals surface area contributed by atoms with Crippen LogP contribution in [0.5, 0.6) is 5.75 Å². The van der Waals surface area contributed by atoms with Crippen LogP contribution in [0, 0.1) is 0 Å². The summed E-state index contributed by atoms with van der Waals surface area (Å²) in [6.45, 7) is 0.406. The van der Waals surface area contributed by atoms with E-state index in [1.165, 1.54) is 0 Å². The molecule has 0 aliphatic rings. The molecule has 0 fully saturated rings. The zero-order chi connectivity index (χ0) is 13.5. The van der Waals surface area contributed by atoms with Crippen LogP contribution < -0.4 is 4.74 Å². The number of hydrogen-bond acceptors (Lipinski definition) is 3. The highest BCUT2D eigenvalue weighted by atomic mass is 35.5. The quantitative estimate of drug-likeness (QED) is 0.612. The smallest absolute Gasteiger partial charge is 0.142 e. The van der Waals surface area contributed by atoms with Crippen molar-refractivity contribution in [1.29, 1.82) is 0 Å². The number of hydrogen-bond donors (Lipinski definition) is 0. The third-order valence-electron chi connectivity index (χ3n) is 2.55. The van der Waals surface area contributed by atoms with Crippen molar-refractivity contribution in [3.05, 3.63) is 64.7 Å². The summed E-state index contributed by atoms with van der Waals surface area (Å²) in [6, 6.07) is 15.1. The Morgan fingerprint density at radius 2 is 1.84 bits per heavy atom. The van der Waals surface area contributed by atoms with Gasteiger partial charge in [-0.15, -0.1) is 0 Å². The number of methoxy groups -OCH3 is 1. The maximum absolute atomic E-state index is 5.80. The van der Waals surface area contributed by atoms with Gasteiger partial charge in [-0.05, 0) is 29.8 Å². The van der Waals surface area contributed by atoms with E-state index in [-0.39, 0.29) is 0 Å². The van der Waals surface area contributed by atoms with Gasteiger partial charge in [-0.3, -0.25) is 0 Å². The van der Waals surface area contributed by atoms with E-state index in [2.05, 4.69) is 5.16 Å². The molecule has 0 amide bonds. The average Bonchev–Trinajstić information content (AvgIpc) is 2.46. The first-order valence-electron chi connectivity index (χ1n) is 5.82. The summed E-state index contributed by atoms with van der Waals surface area (Å²) in [5, 5.41) is 4.64. The molecule has 19 heavy (non-hydrogen) atoms. The van der Waals surface area contributed by atoms with Crippen LogP contribution in [0.4, 0.5) is 0 Å². The third-order valence-corrected chi connectivity index (χ3v) is 2.80. The highest BCUT2D eigenvalue weighted by Crippen LogP contribution is 2.15. The molecule has 0 N–H and O–H groups in total. The predicted molar refractivity (Wildman–Crippen MR) is 76.8 cm³/mol. The molecule has 0 aromatic heterocycles. The van der Waals surface area contributed by atoms with E-state index in [1.54, 1.807) is 13.3 Å². The van der Waals surface area contributed by atoms with Crippen molar-refractivity contribution in [2.45, 2.75) is 6.61 Å². The molecule has 0 atom stereocenters. The first-order chi connectivity index (χ1) is 9.29. The van der Waals surface area contributed by atoms with E-state index in [0.29, 0.717) is 11.6 Å². The molecule has 0 spiro atoms. The lowest BCUT2D eigenvalue weighted by Gasteiger charge is -2.03. The largest absolute Gasteiger partial charge is 0.496 e. The molecule has 2 aromatic rings. The van der Waals surface area contributed by atoms with Crippen molar-refractivity contribution in [2.75, 3.05) is 7.11 Å². The number of ether oxygens (including phenoxy) is 1. The normalized spacial score (nSPS) is 10.6. The second-order valence-electron chi connectivity index (χ2n) is 3.88. The van der Waals surface area contributed by atoms with Crippen molar-refractivity contribution in [3.63, 3.8) is 0 Å². The highest BCUT2D eigenvalue weighted by Gasteiger charge is 1.97. The zero-order valence-corrected chi connectivity index (χ0v) is 11.3. The van der Waals surface area contributed by atoms with Crippen LogP contribution in [0.3, 0.4) is 0 Å². The van der Waals surface area contributed by atoms with Crippen molar-refractivity contribution in [1.82, 2.24) is 0 Å². The molecule has 0 radical (unpaired) electrons. The molecular weight excluding hydrogens is 262 g/mol. The third kappa shape index (κ3) is 4.00. The maximum atomic E-state index is 5.80. The fraction of sp³-hybridized carbons (Fsp3) is 0.133. The molecule has 0 aliphatic heterocycles. The minimum Gasteiger partial charge on any atom is -0.496 e. The number of benzene rings is 2.